The number of amides is 1. The van der Waals surface area contributed by atoms with Gasteiger partial charge in [0.25, 0.3) is 0 Å². The molecule has 0 radical (unpaired) electrons. The third-order valence-corrected chi connectivity index (χ3v) is 4.90. The van der Waals surface area contributed by atoms with Gasteiger partial charge in [-0.25, -0.2) is 0 Å². The van der Waals surface area contributed by atoms with Crippen LogP contribution in [0.5, 0.6) is 0 Å². The van der Waals surface area contributed by atoms with Gasteiger partial charge in [-0.05, 0) is 44.6 Å². The highest BCUT2D eigenvalue weighted by Crippen LogP contribution is 2.31. The third kappa shape index (κ3) is 3.91. The summed E-state index contributed by atoms with van der Waals surface area (Å²) in [6, 6.07) is 19.1. The lowest BCUT2D eigenvalue weighted by atomic mass is 10.1. The maximum atomic E-state index is 12.8. The summed E-state index contributed by atoms with van der Waals surface area (Å²) in [4.78, 5) is 16.9. The van der Waals surface area contributed by atoms with E-state index in [1.54, 1.807) is 0 Å². The van der Waals surface area contributed by atoms with Gasteiger partial charge in [-0.2, -0.15) is 0 Å². The molecule has 1 aliphatic rings. The number of benzene rings is 2. The molecule has 0 bridgehead atoms. The van der Waals surface area contributed by atoms with Crippen LogP contribution in [0.4, 0.5) is 5.69 Å². The predicted molar refractivity (Wildman–Crippen MR) is 103 cm³/mol. The van der Waals surface area contributed by atoms with E-state index in [1.165, 1.54) is 11.1 Å². The first-order valence-electron chi connectivity index (χ1n) is 8.90. The summed E-state index contributed by atoms with van der Waals surface area (Å²) < 4.78 is 0. The molecule has 0 aromatic heterocycles. The Morgan fingerprint density at radius 3 is 2.56 bits per heavy atom. The molecule has 2 atom stereocenters. The topological polar surface area (TPSA) is 35.6 Å². The van der Waals surface area contributed by atoms with Gasteiger partial charge in [-0.1, -0.05) is 48.5 Å². The number of nitrogens with zero attached hydrogens (tertiary/aromatic N) is 2. The fourth-order valence-corrected chi connectivity index (χ4v) is 3.62. The molecule has 25 heavy (non-hydrogen) atoms. The first-order chi connectivity index (χ1) is 12.1. The van der Waals surface area contributed by atoms with Crippen LogP contribution in [-0.2, 0) is 11.2 Å². The molecule has 2 aromatic carbocycles. The zero-order valence-electron chi connectivity index (χ0n) is 15.3. The van der Waals surface area contributed by atoms with Crippen molar-refractivity contribution < 1.29 is 4.79 Å². The number of hydrogen-bond donors (Lipinski definition) is 1. The molecule has 3 rings (SSSR count). The highest BCUT2D eigenvalue weighted by atomic mass is 16.2. The summed E-state index contributed by atoms with van der Waals surface area (Å²) in [6.45, 7) is 3.22. The van der Waals surface area contributed by atoms with Crippen LogP contribution >= 0.6 is 0 Å². The second-order valence-corrected chi connectivity index (χ2v) is 6.97. The summed E-state index contributed by atoms with van der Waals surface area (Å²) in [5.41, 5.74) is 3.58. The average molecular weight is 337 g/mol. The molecular weight excluding hydrogens is 310 g/mol. The van der Waals surface area contributed by atoms with Gasteiger partial charge >= 0.3 is 0 Å². The normalized spacial score (nSPS) is 17.6. The van der Waals surface area contributed by atoms with Gasteiger partial charge in [0.2, 0.25) is 5.91 Å². The Kier molecular flexibility index (Phi) is 5.51. The molecule has 0 saturated carbocycles. The van der Waals surface area contributed by atoms with E-state index in [1.807, 2.05) is 29.2 Å². The van der Waals surface area contributed by atoms with Crippen molar-refractivity contribution in [3.05, 3.63) is 65.7 Å². The molecule has 4 nitrogen and oxygen atoms in total. The van der Waals surface area contributed by atoms with Crippen molar-refractivity contribution in [3.8, 4) is 0 Å². The highest BCUT2D eigenvalue weighted by molar-refractivity contribution is 5.97. The van der Waals surface area contributed by atoms with E-state index in [0.717, 1.165) is 18.7 Å². The van der Waals surface area contributed by atoms with Gasteiger partial charge in [-0.15, -0.1) is 0 Å². The highest BCUT2D eigenvalue weighted by Gasteiger charge is 2.30. The molecule has 2 unspecified atom stereocenters. The van der Waals surface area contributed by atoms with Crippen LogP contribution < -0.4 is 10.2 Å². The van der Waals surface area contributed by atoms with E-state index in [0.29, 0.717) is 6.54 Å². The molecule has 1 N–H and O–H groups in total. The number of likely N-dealkylation sites (N-methyl/N-ethyl adjacent to an activating group) is 1. The first kappa shape index (κ1) is 17.6. The lowest BCUT2D eigenvalue weighted by Gasteiger charge is -2.27. The maximum absolute atomic E-state index is 12.8. The summed E-state index contributed by atoms with van der Waals surface area (Å²) in [6.07, 6.45) is 0.937. The Morgan fingerprint density at radius 1 is 1.16 bits per heavy atom. The Bertz CT molecular complexity index is 714. The molecule has 0 spiro atoms. The van der Waals surface area contributed by atoms with Gasteiger partial charge in [0, 0.05) is 24.3 Å². The standard InChI is InChI=1S/C21H27N3O/c1-16-13-18-11-7-8-12-19(18)24(16)21(25)15-22-14-20(23(2)3)17-9-5-4-6-10-17/h4-12,16,20,22H,13-15H2,1-3H3. The first-order valence-corrected chi connectivity index (χ1v) is 8.90. The second kappa shape index (κ2) is 7.81. The Morgan fingerprint density at radius 2 is 1.84 bits per heavy atom. The van der Waals surface area contributed by atoms with E-state index in [9.17, 15) is 4.79 Å². The van der Waals surface area contributed by atoms with Crippen molar-refractivity contribution in [2.45, 2.75) is 25.4 Å². The van der Waals surface area contributed by atoms with Crippen molar-refractivity contribution in [3.63, 3.8) is 0 Å². The largest absolute Gasteiger partial charge is 0.308 e. The average Bonchev–Trinajstić information content (AvgIpc) is 2.94. The maximum Gasteiger partial charge on any atom is 0.241 e. The number of carbonyl (C=O) groups is 1. The van der Waals surface area contributed by atoms with E-state index in [-0.39, 0.29) is 18.0 Å². The van der Waals surface area contributed by atoms with Gasteiger partial charge in [0.05, 0.1) is 6.54 Å². The number of anilines is 1. The van der Waals surface area contributed by atoms with Crippen molar-refractivity contribution in [2.24, 2.45) is 0 Å². The van der Waals surface area contributed by atoms with Gasteiger partial charge < -0.3 is 15.1 Å². The fourth-order valence-electron chi connectivity index (χ4n) is 3.62. The van der Waals surface area contributed by atoms with Crippen LogP contribution in [0.2, 0.25) is 0 Å². The molecule has 0 fully saturated rings. The minimum Gasteiger partial charge on any atom is -0.308 e. The number of rotatable bonds is 6. The van der Waals surface area contributed by atoms with Crippen molar-refractivity contribution >= 4 is 11.6 Å². The summed E-state index contributed by atoms with van der Waals surface area (Å²) in [7, 11) is 4.14. The molecule has 2 aromatic rings. The third-order valence-electron chi connectivity index (χ3n) is 4.90. The second-order valence-electron chi connectivity index (χ2n) is 6.97. The molecule has 0 saturated heterocycles. The Labute approximate surface area is 150 Å². The SMILES string of the molecule is CC1Cc2ccccc2N1C(=O)CNCC(c1ccccc1)N(C)C. The molecule has 132 valence electrons. The smallest absolute Gasteiger partial charge is 0.241 e. The van der Waals surface area contributed by atoms with Crippen LogP contribution in [0.25, 0.3) is 0 Å². The molecular formula is C21H27N3O. The van der Waals surface area contributed by atoms with Gasteiger partial charge in [-0.3, -0.25) is 4.79 Å². The fraction of sp³-hybridized carbons (Fsp3) is 0.381. The summed E-state index contributed by atoms with van der Waals surface area (Å²) in [5, 5.41) is 3.36. The molecule has 4 heteroatoms. The van der Waals surface area contributed by atoms with E-state index in [2.05, 4.69) is 61.6 Å². The number of fused-ring (bicyclic) bond motifs is 1. The molecule has 0 aliphatic carbocycles. The lowest BCUT2D eigenvalue weighted by molar-refractivity contribution is -0.118. The number of para-hydroxylation sites is 1. The zero-order valence-corrected chi connectivity index (χ0v) is 15.3. The van der Waals surface area contributed by atoms with Crippen LogP contribution in [0.15, 0.2) is 54.6 Å². The number of nitrogens with one attached hydrogen (secondary N) is 1. The van der Waals surface area contributed by atoms with Crippen LogP contribution in [0.3, 0.4) is 0 Å². The Hall–Kier alpha value is -2.17. The minimum absolute atomic E-state index is 0.142. The van der Waals surface area contributed by atoms with Crippen molar-refractivity contribution in [1.82, 2.24) is 10.2 Å². The van der Waals surface area contributed by atoms with Gasteiger partial charge in [0.1, 0.15) is 0 Å². The monoisotopic (exact) mass is 337 g/mol. The molecule has 1 aliphatic heterocycles. The van der Waals surface area contributed by atoms with E-state index in [4.69, 9.17) is 0 Å². The Balaban J connectivity index is 1.61. The van der Waals surface area contributed by atoms with Crippen molar-refractivity contribution in [2.75, 3.05) is 32.1 Å². The molecule has 1 heterocycles. The van der Waals surface area contributed by atoms with Crippen LogP contribution in [0.1, 0.15) is 24.1 Å². The number of carbonyl (C=O) groups excluding carboxylic acids is 1. The minimum atomic E-state index is 0.142. The molecule has 1 amide bonds. The van der Waals surface area contributed by atoms with Crippen molar-refractivity contribution in [1.29, 1.82) is 0 Å². The van der Waals surface area contributed by atoms with Crippen LogP contribution in [-0.4, -0.2) is 44.0 Å². The van der Waals surface area contributed by atoms with Gasteiger partial charge in [0.15, 0.2) is 0 Å². The van der Waals surface area contributed by atoms with Crippen LogP contribution in [0, 0.1) is 0 Å². The quantitative estimate of drug-likeness (QED) is 0.880. The summed E-state index contributed by atoms with van der Waals surface area (Å²) >= 11 is 0. The summed E-state index contributed by atoms with van der Waals surface area (Å²) in [5.74, 6) is 0.142. The predicted octanol–water partition coefficient (Wildman–Crippen LogP) is 2.86. The number of hydrogen-bond acceptors (Lipinski definition) is 3. The van der Waals surface area contributed by atoms with E-state index < -0.39 is 0 Å². The lowest BCUT2D eigenvalue weighted by Crippen LogP contribution is -2.43. The zero-order chi connectivity index (χ0) is 17.8. The van der Waals surface area contributed by atoms with E-state index >= 15 is 0 Å².